The van der Waals surface area contributed by atoms with Gasteiger partial charge in [-0.1, -0.05) is 31.0 Å². The Morgan fingerprint density at radius 1 is 1.25 bits per heavy atom. The van der Waals surface area contributed by atoms with Crippen molar-refractivity contribution in [3.63, 3.8) is 0 Å². The summed E-state index contributed by atoms with van der Waals surface area (Å²) in [5.74, 6) is 0.865. The van der Waals surface area contributed by atoms with Crippen LogP contribution in [-0.2, 0) is 6.54 Å². The Kier molecular flexibility index (Phi) is 4.02. The van der Waals surface area contributed by atoms with E-state index < -0.39 is 0 Å². The van der Waals surface area contributed by atoms with E-state index in [0.717, 1.165) is 23.7 Å². The Morgan fingerprint density at radius 2 is 2.00 bits per heavy atom. The van der Waals surface area contributed by atoms with Gasteiger partial charge in [0.15, 0.2) is 0 Å². The number of fused-ring (bicyclic) bond motifs is 1. The number of hydrogen-bond acceptors (Lipinski definition) is 2. The molecular weight excluding hydrogens is 244 g/mol. The molecule has 0 radical (unpaired) electrons. The van der Waals surface area contributed by atoms with Gasteiger partial charge in [-0.3, -0.25) is 4.98 Å². The Labute approximate surface area is 121 Å². The summed E-state index contributed by atoms with van der Waals surface area (Å²) in [4.78, 5) is 4.61. The van der Waals surface area contributed by atoms with Crippen molar-refractivity contribution in [1.82, 2.24) is 10.3 Å². The Bertz CT molecular complexity index is 585. The normalized spacial score (nSPS) is 17.7. The predicted octanol–water partition coefficient (Wildman–Crippen LogP) is 4.21. The molecule has 1 fully saturated rings. The van der Waals surface area contributed by atoms with Crippen LogP contribution in [0.4, 0.5) is 0 Å². The van der Waals surface area contributed by atoms with E-state index in [0.29, 0.717) is 6.04 Å². The zero-order chi connectivity index (χ0) is 13.9. The minimum Gasteiger partial charge on any atom is -0.310 e. The van der Waals surface area contributed by atoms with Gasteiger partial charge in [0.05, 0.1) is 5.52 Å². The average Bonchev–Trinajstić information content (AvgIpc) is 2.98. The Morgan fingerprint density at radius 3 is 2.80 bits per heavy atom. The molecule has 1 N–H and O–H groups in total. The number of nitrogens with one attached hydrogen (secondary N) is 1. The van der Waals surface area contributed by atoms with Crippen molar-refractivity contribution in [3.8, 4) is 0 Å². The predicted molar refractivity (Wildman–Crippen MR) is 84.7 cm³/mol. The van der Waals surface area contributed by atoms with E-state index in [1.165, 1.54) is 36.6 Å². The number of nitrogens with zero attached hydrogens (tertiary/aromatic N) is 1. The molecule has 1 aromatic heterocycles. The van der Waals surface area contributed by atoms with E-state index in [2.05, 4.69) is 54.5 Å². The topological polar surface area (TPSA) is 24.9 Å². The third-order valence-corrected chi connectivity index (χ3v) is 4.65. The molecule has 0 bridgehead atoms. The maximum atomic E-state index is 4.61. The second-order valence-electron chi connectivity index (χ2n) is 6.15. The number of benzene rings is 1. The van der Waals surface area contributed by atoms with Crippen LogP contribution in [-0.4, -0.2) is 11.0 Å². The number of hydrogen-bond donors (Lipinski definition) is 1. The maximum absolute atomic E-state index is 4.61. The molecule has 0 aliphatic heterocycles. The largest absolute Gasteiger partial charge is 0.310 e. The van der Waals surface area contributed by atoms with Crippen molar-refractivity contribution in [2.45, 2.75) is 52.1 Å². The second-order valence-corrected chi connectivity index (χ2v) is 6.15. The highest BCUT2D eigenvalue weighted by Gasteiger charge is 2.21. The second kappa shape index (κ2) is 5.92. The molecule has 1 unspecified atom stereocenters. The number of para-hydroxylation sites is 1. The first-order valence-corrected chi connectivity index (χ1v) is 7.82. The van der Waals surface area contributed by atoms with Crippen molar-refractivity contribution in [2.24, 2.45) is 5.92 Å². The zero-order valence-corrected chi connectivity index (χ0v) is 12.5. The van der Waals surface area contributed by atoms with Crippen LogP contribution in [0.15, 0.2) is 30.3 Å². The smallest absolute Gasteiger partial charge is 0.0708 e. The highest BCUT2D eigenvalue weighted by Crippen LogP contribution is 2.28. The van der Waals surface area contributed by atoms with Crippen LogP contribution in [0.3, 0.4) is 0 Å². The van der Waals surface area contributed by atoms with Crippen LogP contribution in [0.2, 0.25) is 0 Å². The van der Waals surface area contributed by atoms with Gasteiger partial charge in [0.1, 0.15) is 0 Å². The first-order chi connectivity index (χ1) is 9.74. The van der Waals surface area contributed by atoms with Gasteiger partial charge in [0.25, 0.3) is 0 Å². The van der Waals surface area contributed by atoms with Crippen LogP contribution in [0.5, 0.6) is 0 Å². The molecule has 0 amide bonds. The fraction of sp³-hybridized carbons (Fsp3) is 0.500. The fourth-order valence-electron chi connectivity index (χ4n) is 3.44. The van der Waals surface area contributed by atoms with E-state index in [1.807, 2.05) is 0 Å². The van der Waals surface area contributed by atoms with Crippen LogP contribution in [0.25, 0.3) is 10.9 Å². The zero-order valence-electron chi connectivity index (χ0n) is 12.5. The summed E-state index contributed by atoms with van der Waals surface area (Å²) in [5, 5.41) is 5.01. The van der Waals surface area contributed by atoms with Crippen LogP contribution in [0, 0.1) is 12.8 Å². The molecule has 1 aliphatic rings. The van der Waals surface area contributed by atoms with E-state index in [4.69, 9.17) is 0 Å². The number of pyridine rings is 1. The lowest BCUT2D eigenvalue weighted by atomic mass is 9.99. The summed E-state index contributed by atoms with van der Waals surface area (Å²) in [5.41, 5.74) is 3.59. The molecule has 1 heterocycles. The van der Waals surface area contributed by atoms with Gasteiger partial charge >= 0.3 is 0 Å². The lowest BCUT2D eigenvalue weighted by Crippen LogP contribution is -2.31. The highest BCUT2D eigenvalue weighted by molar-refractivity contribution is 5.82. The molecule has 2 aromatic rings. The molecule has 0 saturated heterocycles. The third-order valence-electron chi connectivity index (χ3n) is 4.65. The van der Waals surface area contributed by atoms with E-state index in [-0.39, 0.29) is 0 Å². The minimum absolute atomic E-state index is 0.615. The van der Waals surface area contributed by atoms with Gasteiger partial charge in [-0.15, -0.1) is 0 Å². The standard InChI is InChI=1S/C18H24N2/c1-13-11-16(17-9-5-6-10-18(17)20-13)12-19-14(2)15-7-3-4-8-15/h5-6,9-11,14-15,19H,3-4,7-8,12H2,1-2H3. The fourth-order valence-corrected chi connectivity index (χ4v) is 3.44. The molecule has 20 heavy (non-hydrogen) atoms. The molecule has 106 valence electrons. The first-order valence-electron chi connectivity index (χ1n) is 7.82. The molecule has 2 heteroatoms. The number of aryl methyl sites for hydroxylation is 1. The van der Waals surface area contributed by atoms with E-state index in [9.17, 15) is 0 Å². The van der Waals surface area contributed by atoms with Crippen LogP contribution >= 0.6 is 0 Å². The van der Waals surface area contributed by atoms with E-state index in [1.54, 1.807) is 0 Å². The number of aromatic nitrogens is 1. The summed E-state index contributed by atoms with van der Waals surface area (Å²) in [6, 6.07) is 11.3. The van der Waals surface area contributed by atoms with Crippen molar-refractivity contribution >= 4 is 10.9 Å². The van der Waals surface area contributed by atoms with Gasteiger partial charge in [0, 0.05) is 23.7 Å². The lowest BCUT2D eigenvalue weighted by molar-refractivity contribution is 0.381. The monoisotopic (exact) mass is 268 g/mol. The van der Waals surface area contributed by atoms with Crippen LogP contribution in [0.1, 0.15) is 43.9 Å². The first kappa shape index (κ1) is 13.6. The van der Waals surface area contributed by atoms with E-state index >= 15 is 0 Å². The van der Waals surface area contributed by atoms with Gasteiger partial charge in [-0.25, -0.2) is 0 Å². The summed E-state index contributed by atoms with van der Waals surface area (Å²) in [6.07, 6.45) is 5.61. The van der Waals surface area contributed by atoms with Crippen molar-refractivity contribution in [2.75, 3.05) is 0 Å². The van der Waals surface area contributed by atoms with Crippen molar-refractivity contribution < 1.29 is 0 Å². The van der Waals surface area contributed by atoms with Gasteiger partial charge in [-0.2, -0.15) is 0 Å². The summed E-state index contributed by atoms with van der Waals surface area (Å²) in [6.45, 7) is 5.37. The Hall–Kier alpha value is -1.41. The molecular formula is C18H24N2. The maximum Gasteiger partial charge on any atom is 0.0708 e. The molecule has 2 nitrogen and oxygen atoms in total. The third kappa shape index (κ3) is 2.85. The molecule has 0 spiro atoms. The summed E-state index contributed by atoms with van der Waals surface area (Å²) in [7, 11) is 0. The van der Waals surface area contributed by atoms with Crippen LogP contribution < -0.4 is 5.32 Å². The highest BCUT2D eigenvalue weighted by atomic mass is 14.9. The Balaban J connectivity index is 1.76. The minimum atomic E-state index is 0.615. The quantitative estimate of drug-likeness (QED) is 0.898. The van der Waals surface area contributed by atoms with Crippen molar-refractivity contribution in [1.29, 1.82) is 0 Å². The molecule has 1 atom stereocenters. The number of rotatable bonds is 4. The molecule has 1 aliphatic carbocycles. The summed E-state index contributed by atoms with van der Waals surface area (Å²) < 4.78 is 0. The average molecular weight is 268 g/mol. The molecule has 1 saturated carbocycles. The van der Waals surface area contributed by atoms with Gasteiger partial charge in [-0.05, 0) is 50.3 Å². The molecule has 1 aromatic carbocycles. The van der Waals surface area contributed by atoms with Gasteiger partial charge < -0.3 is 5.32 Å². The van der Waals surface area contributed by atoms with Crippen molar-refractivity contribution in [3.05, 3.63) is 41.6 Å². The lowest BCUT2D eigenvalue weighted by Gasteiger charge is -2.21. The summed E-state index contributed by atoms with van der Waals surface area (Å²) >= 11 is 0. The molecule has 3 rings (SSSR count). The SMILES string of the molecule is Cc1cc(CNC(C)C2CCCC2)c2ccccc2n1. The van der Waals surface area contributed by atoms with Gasteiger partial charge in [0.2, 0.25) is 0 Å².